The summed E-state index contributed by atoms with van der Waals surface area (Å²) in [6.45, 7) is 7.08. The summed E-state index contributed by atoms with van der Waals surface area (Å²) in [5, 5.41) is 3.20. The highest BCUT2D eigenvalue weighted by atomic mass is 16.5. The van der Waals surface area contributed by atoms with Crippen LogP contribution in [0.15, 0.2) is 12.2 Å². The normalized spacial score (nSPS) is 18.8. The van der Waals surface area contributed by atoms with Gasteiger partial charge >= 0.3 is 5.97 Å². The summed E-state index contributed by atoms with van der Waals surface area (Å²) in [7, 11) is 0. The molecule has 0 bridgehead atoms. The molecule has 0 aromatic heterocycles. The molecule has 0 aliphatic carbocycles. The highest BCUT2D eigenvalue weighted by molar-refractivity contribution is 5.87. The van der Waals surface area contributed by atoms with Gasteiger partial charge in [-0.3, -0.25) is 0 Å². The number of carbonyl (C=O) groups excluding carboxylic acids is 1. The van der Waals surface area contributed by atoms with E-state index in [1.807, 2.05) is 0 Å². The van der Waals surface area contributed by atoms with E-state index < -0.39 is 0 Å². The van der Waals surface area contributed by atoms with Gasteiger partial charge in [0.25, 0.3) is 0 Å². The lowest BCUT2D eigenvalue weighted by Gasteiger charge is -2.22. The Labute approximate surface area is 72.8 Å². The molecule has 1 saturated heterocycles. The predicted octanol–water partition coefficient (Wildman–Crippen LogP) is 0.858. The Balaban J connectivity index is 2.29. The number of hydrogen-bond donors (Lipinski definition) is 1. The Kier molecular flexibility index (Phi) is 3.29. The molecule has 0 atom stereocenters. The van der Waals surface area contributed by atoms with Crippen molar-refractivity contribution in [1.82, 2.24) is 5.32 Å². The van der Waals surface area contributed by atoms with E-state index in [9.17, 15) is 4.79 Å². The van der Waals surface area contributed by atoms with Crippen molar-refractivity contribution in [2.45, 2.75) is 25.9 Å². The smallest absolute Gasteiger partial charge is 0.333 e. The van der Waals surface area contributed by atoms with Crippen LogP contribution < -0.4 is 5.32 Å². The highest BCUT2D eigenvalue weighted by Gasteiger charge is 2.17. The molecule has 1 aliphatic heterocycles. The Bertz CT molecular complexity index is 183. The van der Waals surface area contributed by atoms with Crippen LogP contribution in [0.25, 0.3) is 0 Å². The largest absolute Gasteiger partial charge is 0.459 e. The van der Waals surface area contributed by atoms with Crippen LogP contribution in [0, 0.1) is 0 Å². The summed E-state index contributed by atoms with van der Waals surface area (Å²) in [6.07, 6.45) is 1.92. The minimum Gasteiger partial charge on any atom is -0.459 e. The summed E-state index contributed by atoms with van der Waals surface area (Å²) < 4.78 is 5.17. The summed E-state index contributed by atoms with van der Waals surface area (Å²) in [5.74, 6) is -0.262. The van der Waals surface area contributed by atoms with Crippen molar-refractivity contribution in [3.63, 3.8) is 0 Å². The average molecular weight is 169 g/mol. The van der Waals surface area contributed by atoms with Gasteiger partial charge in [0.2, 0.25) is 0 Å². The molecule has 3 heteroatoms. The standard InChI is InChI=1S/C9H15NO2/c1-7(2)9(11)12-8-3-5-10-6-4-8/h8,10H,1,3-6H2,2H3. The van der Waals surface area contributed by atoms with Crippen molar-refractivity contribution in [2.24, 2.45) is 0 Å². The van der Waals surface area contributed by atoms with Crippen LogP contribution in [0.1, 0.15) is 19.8 Å². The first kappa shape index (κ1) is 9.26. The van der Waals surface area contributed by atoms with E-state index in [0.29, 0.717) is 5.57 Å². The molecule has 0 aromatic carbocycles. The number of esters is 1. The zero-order chi connectivity index (χ0) is 8.97. The van der Waals surface area contributed by atoms with E-state index >= 15 is 0 Å². The van der Waals surface area contributed by atoms with Crippen LogP contribution in [0.2, 0.25) is 0 Å². The second kappa shape index (κ2) is 4.26. The number of nitrogens with one attached hydrogen (secondary N) is 1. The molecule has 0 saturated carbocycles. The van der Waals surface area contributed by atoms with Gasteiger partial charge in [-0.1, -0.05) is 6.58 Å². The monoisotopic (exact) mass is 169 g/mol. The lowest BCUT2D eigenvalue weighted by atomic mass is 10.1. The van der Waals surface area contributed by atoms with Crippen LogP contribution in [0.5, 0.6) is 0 Å². The van der Waals surface area contributed by atoms with E-state index in [0.717, 1.165) is 25.9 Å². The van der Waals surface area contributed by atoms with E-state index in [2.05, 4.69) is 11.9 Å². The van der Waals surface area contributed by atoms with Gasteiger partial charge in [-0.25, -0.2) is 4.79 Å². The van der Waals surface area contributed by atoms with Crippen molar-refractivity contribution in [3.05, 3.63) is 12.2 Å². The molecule has 0 aromatic rings. The fourth-order valence-corrected chi connectivity index (χ4v) is 1.17. The van der Waals surface area contributed by atoms with Crippen molar-refractivity contribution >= 4 is 5.97 Å². The van der Waals surface area contributed by atoms with E-state index in [-0.39, 0.29) is 12.1 Å². The molecule has 1 aliphatic rings. The molecule has 0 radical (unpaired) electrons. The molecule has 68 valence electrons. The van der Waals surface area contributed by atoms with Crippen molar-refractivity contribution in [2.75, 3.05) is 13.1 Å². The summed E-state index contributed by atoms with van der Waals surface area (Å²) >= 11 is 0. The number of piperidine rings is 1. The molecule has 12 heavy (non-hydrogen) atoms. The maximum absolute atomic E-state index is 11.1. The highest BCUT2D eigenvalue weighted by Crippen LogP contribution is 2.09. The Morgan fingerprint density at radius 1 is 1.50 bits per heavy atom. The van der Waals surface area contributed by atoms with E-state index in [1.165, 1.54) is 0 Å². The maximum Gasteiger partial charge on any atom is 0.333 e. The molecule has 1 fully saturated rings. The number of ether oxygens (including phenoxy) is 1. The molecule has 0 amide bonds. The van der Waals surface area contributed by atoms with E-state index in [1.54, 1.807) is 6.92 Å². The first-order valence-electron chi connectivity index (χ1n) is 4.27. The van der Waals surface area contributed by atoms with Crippen LogP contribution in [-0.4, -0.2) is 25.2 Å². The molecular formula is C9H15NO2. The van der Waals surface area contributed by atoms with Gasteiger partial charge in [-0.2, -0.15) is 0 Å². The second-order valence-corrected chi connectivity index (χ2v) is 3.13. The van der Waals surface area contributed by atoms with E-state index in [4.69, 9.17) is 4.74 Å². The van der Waals surface area contributed by atoms with Gasteiger partial charge in [-0.15, -0.1) is 0 Å². The number of carbonyl (C=O) groups is 1. The zero-order valence-corrected chi connectivity index (χ0v) is 7.43. The SMILES string of the molecule is C=C(C)C(=O)OC1CCNCC1. The Morgan fingerprint density at radius 2 is 2.08 bits per heavy atom. The van der Waals surface area contributed by atoms with Gasteiger partial charge in [0.05, 0.1) is 0 Å². The average Bonchev–Trinajstić information content (AvgIpc) is 2.06. The van der Waals surface area contributed by atoms with Gasteiger partial charge in [-0.05, 0) is 32.9 Å². The Hall–Kier alpha value is -0.830. The minimum atomic E-state index is -0.262. The first-order chi connectivity index (χ1) is 5.70. The molecule has 1 N–H and O–H groups in total. The minimum absolute atomic E-state index is 0.0930. The van der Waals surface area contributed by atoms with Gasteiger partial charge < -0.3 is 10.1 Å². The lowest BCUT2D eigenvalue weighted by molar-refractivity contribution is -0.145. The second-order valence-electron chi connectivity index (χ2n) is 3.13. The predicted molar refractivity (Wildman–Crippen MR) is 46.8 cm³/mol. The zero-order valence-electron chi connectivity index (χ0n) is 7.43. The summed E-state index contributed by atoms with van der Waals surface area (Å²) in [5.41, 5.74) is 0.480. The summed E-state index contributed by atoms with van der Waals surface area (Å²) in [6, 6.07) is 0. The topological polar surface area (TPSA) is 38.3 Å². The fourth-order valence-electron chi connectivity index (χ4n) is 1.17. The van der Waals surface area contributed by atoms with Gasteiger partial charge in [0.1, 0.15) is 6.10 Å². The molecule has 3 nitrogen and oxygen atoms in total. The first-order valence-corrected chi connectivity index (χ1v) is 4.27. The third-order valence-electron chi connectivity index (χ3n) is 1.91. The van der Waals surface area contributed by atoms with Crippen LogP contribution in [-0.2, 0) is 9.53 Å². The van der Waals surface area contributed by atoms with Crippen LogP contribution in [0.3, 0.4) is 0 Å². The third kappa shape index (κ3) is 2.66. The molecule has 0 unspecified atom stereocenters. The van der Waals surface area contributed by atoms with Crippen molar-refractivity contribution < 1.29 is 9.53 Å². The molecule has 1 heterocycles. The molecule has 1 rings (SSSR count). The number of hydrogen-bond acceptors (Lipinski definition) is 3. The lowest BCUT2D eigenvalue weighted by Crippen LogP contribution is -2.33. The van der Waals surface area contributed by atoms with Gasteiger partial charge in [0.15, 0.2) is 0 Å². The Morgan fingerprint density at radius 3 is 2.58 bits per heavy atom. The van der Waals surface area contributed by atoms with Crippen LogP contribution in [0.4, 0.5) is 0 Å². The van der Waals surface area contributed by atoms with Crippen molar-refractivity contribution in [3.8, 4) is 0 Å². The molecule has 0 spiro atoms. The van der Waals surface area contributed by atoms with Crippen LogP contribution >= 0.6 is 0 Å². The maximum atomic E-state index is 11.1. The number of rotatable bonds is 2. The fraction of sp³-hybridized carbons (Fsp3) is 0.667. The third-order valence-corrected chi connectivity index (χ3v) is 1.91. The quantitative estimate of drug-likeness (QED) is 0.492. The summed E-state index contributed by atoms with van der Waals surface area (Å²) in [4.78, 5) is 11.1. The van der Waals surface area contributed by atoms with Gasteiger partial charge in [0, 0.05) is 5.57 Å². The van der Waals surface area contributed by atoms with Crippen molar-refractivity contribution in [1.29, 1.82) is 0 Å². The molecular weight excluding hydrogens is 154 g/mol.